The van der Waals surface area contributed by atoms with Crippen molar-refractivity contribution < 1.29 is 22.4 Å². The average Bonchev–Trinajstić information content (AvgIpc) is 2.94. The van der Waals surface area contributed by atoms with Gasteiger partial charge in [0.05, 0.1) is 11.0 Å². The summed E-state index contributed by atoms with van der Waals surface area (Å²) in [6, 6.07) is 10.5. The topological polar surface area (TPSA) is 59.0 Å². The van der Waals surface area contributed by atoms with Crippen molar-refractivity contribution in [2.75, 3.05) is 11.4 Å². The largest absolute Gasteiger partial charge is 0.417 e. The number of rotatable bonds is 6. The lowest BCUT2D eigenvalue weighted by Gasteiger charge is -2.65. The fourth-order valence-corrected chi connectivity index (χ4v) is 7.95. The summed E-state index contributed by atoms with van der Waals surface area (Å²) in [6.07, 6.45) is 6.08. The van der Waals surface area contributed by atoms with Crippen molar-refractivity contribution >= 4 is 11.6 Å². The maximum atomic E-state index is 14.5. The molecule has 0 unspecified atom stereocenters. The Morgan fingerprint density at radius 3 is 2.10 bits per heavy atom. The molecule has 0 radical (unpaired) electrons. The van der Waals surface area contributed by atoms with E-state index in [0.717, 1.165) is 73.3 Å². The van der Waals surface area contributed by atoms with Crippen molar-refractivity contribution in [3.05, 3.63) is 72.1 Å². The molecule has 0 saturated heterocycles. The molecule has 0 N–H and O–H groups in total. The molecule has 2 heterocycles. The fourth-order valence-electron chi connectivity index (χ4n) is 7.95. The zero-order chi connectivity index (χ0) is 28.7. The Bertz CT molecular complexity index is 1460. The first-order chi connectivity index (χ1) is 19.4. The second-order valence-electron chi connectivity index (χ2n) is 13.1. The Morgan fingerprint density at radius 1 is 0.878 bits per heavy atom. The van der Waals surface area contributed by atoms with Gasteiger partial charge >= 0.3 is 6.18 Å². The van der Waals surface area contributed by atoms with E-state index in [-0.39, 0.29) is 16.7 Å². The van der Waals surface area contributed by atoms with Gasteiger partial charge in [-0.1, -0.05) is 12.1 Å². The van der Waals surface area contributed by atoms with Crippen molar-refractivity contribution in [3.63, 3.8) is 0 Å². The highest BCUT2D eigenvalue weighted by Crippen LogP contribution is 2.70. The van der Waals surface area contributed by atoms with Crippen LogP contribution in [0.4, 0.5) is 23.2 Å². The van der Waals surface area contributed by atoms with E-state index in [9.17, 15) is 22.4 Å². The standard InChI is InChI=1S/C32H32F4N4O/c1-21-37-14-23(15-38-21)22-3-2-4-25(13-22)40(27(41)30-17-31(33,18-30)19-30)20-28-7-10-29(11-8-28,12-9-28)26-6-5-24(16-39-26)32(34,35)36/h2-6,13-16H,7-12,17-20H2,1H3. The minimum atomic E-state index is -4.40. The van der Waals surface area contributed by atoms with E-state index in [2.05, 4.69) is 15.0 Å². The molecular formula is C32H32F4N4O. The van der Waals surface area contributed by atoms with Gasteiger partial charge < -0.3 is 4.90 Å². The maximum absolute atomic E-state index is 14.5. The number of alkyl halides is 4. The Morgan fingerprint density at radius 2 is 1.54 bits per heavy atom. The molecule has 6 aliphatic rings. The number of aryl methyl sites for hydroxylation is 1. The van der Waals surface area contributed by atoms with Crippen LogP contribution in [-0.2, 0) is 16.4 Å². The highest BCUT2D eigenvalue weighted by molar-refractivity contribution is 6.00. The summed E-state index contributed by atoms with van der Waals surface area (Å²) < 4.78 is 53.8. The van der Waals surface area contributed by atoms with E-state index >= 15 is 0 Å². The molecule has 0 spiro atoms. The monoisotopic (exact) mass is 564 g/mol. The van der Waals surface area contributed by atoms with Crippen LogP contribution in [0.1, 0.15) is 74.9 Å². The highest BCUT2D eigenvalue weighted by Gasteiger charge is 2.73. The number of hydrogen-bond donors (Lipinski definition) is 0. The first kappa shape index (κ1) is 26.5. The molecule has 4 bridgehead atoms. The lowest BCUT2D eigenvalue weighted by atomic mass is 9.41. The summed E-state index contributed by atoms with van der Waals surface area (Å²) in [5.74, 6) is 0.692. The van der Waals surface area contributed by atoms with Crippen LogP contribution in [-0.4, -0.2) is 33.1 Å². The molecule has 2 aromatic heterocycles. The zero-order valence-electron chi connectivity index (χ0n) is 23.0. The summed E-state index contributed by atoms with van der Waals surface area (Å²) in [5.41, 5.74) is 0.488. The van der Waals surface area contributed by atoms with Gasteiger partial charge in [0.1, 0.15) is 11.5 Å². The van der Waals surface area contributed by atoms with Crippen LogP contribution in [0.3, 0.4) is 0 Å². The van der Waals surface area contributed by atoms with Gasteiger partial charge in [-0.15, -0.1) is 0 Å². The summed E-state index contributed by atoms with van der Waals surface area (Å²) in [4.78, 5) is 28.9. The molecule has 3 aromatic rings. The Labute approximate surface area is 236 Å². The smallest absolute Gasteiger partial charge is 0.311 e. The number of carbonyl (C=O) groups excluding carboxylic acids is 1. The SMILES string of the molecule is Cc1ncc(-c2cccc(N(CC34CCC(c5ccc(C(F)(F)F)cn5)(CC3)CC4)C(=O)C34CC(F)(C3)C4)c2)cn1. The quantitative estimate of drug-likeness (QED) is 0.293. The summed E-state index contributed by atoms with van der Waals surface area (Å²) in [7, 11) is 0. The van der Waals surface area contributed by atoms with Gasteiger partial charge in [0.2, 0.25) is 5.91 Å². The molecule has 9 heteroatoms. The number of pyridine rings is 1. The molecule has 0 aliphatic heterocycles. The zero-order valence-corrected chi connectivity index (χ0v) is 23.0. The number of aromatic nitrogens is 3. The molecule has 6 saturated carbocycles. The van der Waals surface area contributed by atoms with Gasteiger partial charge in [-0.25, -0.2) is 14.4 Å². The van der Waals surface area contributed by atoms with Crippen LogP contribution in [0, 0.1) is 17.8 Å². The van der Waals surface area contributed by atoms with Crippen LogP contribution in [0.25, 0.3) is 11.1 Å². The number of benzene rings is 1. The summed E-state index contributed by atoms with van der Waals surface area (Å²) in [5, 5.41) is 0. The number of carbonyl (C=O) groups is 1. The molecule has 9 rings (SSSR count). The van der Waals surface area contributed by atoms with Crippen molar-refractivity contribution in [1.82, 2.24) is 15.0 Å². The molecule has 1 aromatic carbocycles. The highest BCUT2D eigenvalue weighted by atomic mass is 19.4. The minimum absolute atomic E-state index is 0.00974. The van der Waals surface area contributed by atoms with E-state index < -0.39 is 22.8 Å². The summed E-state index contributed by atoms with van der Waals surface area (Å²) in [6.45, 7) is 2.38. The molecule has 6 aliphatic carbocycles. The number of anilines is 1. The Balaban J connectivity index is 1.15. The van der Waals surface area contributed by atoms with E-state index in [1.807, 2.05) is 36.1 Å². The Hall–Kier alpha value is -3.36. The maximum Gasteiger partial charge on any atom is 0.417 e. The van der Waals surface area contributed by atoms with Crippen LogP contribution in [0.5, 0.6) is 0 Å². The number of amides is 1. The van der Waals surface area contributed by atoms with Crippen molar-refractivity contribution in [2.24, 2.45) is 10.8 Å². The normalized spacial score (nSPS) is 31.7. The lowest BCUT2D eigenvalue weighted by Crippen LogP contribution is -2.71. The van der Waals surface area contributed by atoms with Gasteiger partial charge in [-0.05, 0) is 100.0 Å². The molecule has 41 heavy (non-hydrogen) atoms. The summed E-state index contributed by atoms with van der Waals surface area (Å²) >= 11 is 0. The van der Waals surface area contributed by atoms with Gasteiger partial charge in [-0.3, -0.25) is 9.78 Å². The molecule has 1 amide bonds. The molecule has 5 nitrogen and oxygen atoms in total. The van der Waals surface area contributed by atoms with Crippen molar-refractivity contribution in [2.45, 2.75) is 82.0 Å². The lowest BCUT2D eigenvalue weighted by molar-refractivity contribution is -0.211. The van der Waals surface area contributed by atoms with Gasteiger partial charge in [0, 0.05) is 47.5 Å². The van der Waals surface area contributed by atoms with Crippen molar-refractivity contribution in [3.8, 4) is 11.1 Å². The molecule has 0 atom stereocenters. The third kappa shape index (κ3) is 4.34. The number of halogens is 4. The molecule has 6 fully saturated rings. The van der Waals surface area contributed by atoms with Crippen LogP contribution < -0.4 is 4.90 Å². The van der Waals surface area contributed by atoms with E-state index in [1.54, 1.807) is 18.5 Å². The van der Waals surface area contributed by atoms with Gasteiger partial charge in [0.15, 0.2) is 0 Å². The number of hydrogen-bond acceptors (Lipinski definition) is 4. The first-order valence-electron chi connectivity index (χ1n) is 14.4. The molecular weight excluding hydrogens is 532 g/mol. The minimum Gasteiger partial charge on any atom is -0.311 e. The third-order valence-electron chi connectivity index (χ3n) is 10.5. The number of fused-ring (bicyclic) bond motifs is 3. The first-order valence-corrected chi connectivity index (χ1v) is 14.4. The van der Waals surface area contributed by atoms with E-state index in [4.69, 9.17) is 0 Å². The second-order valence-corrected chi connectivity index (χ2v) is 13.1. The average molecular weight is 565 g/mol. The fraction of sp³-hybridized carbons (Fsp3) is 0.500. The van der Waals surface area contributed by atoms with Gasteiger partial charge in [0.25, 0.3) is 0 Å². The van der Waals surface area contributed by atoms with Crippen LogP contribution in [0.2, 0.25) is 0 Å². The van der Waals surface area contributed by atoms with E-state index in [0.29, 0.717) is 31.6 Å². The third-order valence-corrected chi connectivity index (χ3v) is 10.5. The predicted molar refractivity (Wildman–Crippen MR) is 146 cm³/mol. The number of nitrogens with zero attached hydrogens (tertiary/aromatic N) is 4. The molecule has 214 valence electrons. The van der Waals surface area contributed by atoms with Crippen LogP contribution in [0.15, 0.2) is 55.0 Å². The second kappa shape index (κ2) is 8.82. The Kier molecular flexibility index (Phi) is 5.71. The van der Waals surface area contributed by atoms with Gasteiger partial charge in [-0.2, -0.15) is 13.2 Å². The van der Waals surface area contributed by atoms with Crippen molar-refractivity contribution in [1.29, 1.82) is 0 Å². The predicted octanol–water partition coefficient (Wildman–Crippen LogP) is 7.38. The van der Waals surface area contributed by atoms with Crippen LogP contribution >= 0.6 is 0 Å². The van der Waals surface area contributed by atoms with E-state index in [1.165, 1.54) is 0 Å².